The molecule has 6 nitrogen and oxygen atoms in total. The molecule has 9 atom stereocenters. The van der Waals surface area contributed by atoms with Crippen LogP contribution in [0.2, 0.25) is 0 Å². The van der Waals surface area contributed by atoms with E-state index in [-0.39, 0.29) is 23.4 Å². The number of aliphatic hydroxyl groups excluding tert-OH is 2. The minimum Gasteiger partial charge on any atom is -0.394 e. The first-order chi connectivity index (χ1) is 13.1. The van der Waals surface area contributed by atoms with Gasteiger partial charge in [-0.05, 0) is 98.2 Å². The minimum atomic E-state index is -4.39. The zero-order valence-electron chi connectivity index (χ0n) is 17.1. The van der Waals surface area contributed by atoms with Crippen LogP contribution < -0.4 is 0 Å². The van der Waals surface area contributed by atoms with Crippen molar-refractivity contribution < 1.29 is 27.4 Å². The summed E-state index contributed by atoms with van der Waals surface area (Å²) in [6.45, 7) is 4.60. The van der Waals surface area contributed by atoms with Crippen molar-refractivity contribution in [2.45, 2.75) is 83.8 Å². The molecule has 7 heteroatoms. The third-order valence-electron chi connectivity index (χ3n) is 9.60. The lowest BCUT2D eigenvalue weighted by Crippen LogP contribution is -2.54. The predicted octanol–water partition coefficient (Wildman–Crippen LogP) is 3.19. The molecule has 4 saturated carbocycles. The quantitative estimate of drug-likeness (QED) is 0.608. The zero-order chi connectivity index (χ0) is 20.3. The molecule has 0 aromatic carbocycles. The van der Waals surface area contributed by atoms with Gasteiger partial charge in [-0.1, -0.05) is 13.8 Å². The van der Waals surface area contributed by atoms with Gasteiger partial charge in [-0.25, -0.2) is 4.18 Å². The van der Waals surface area contributed by atoms with Crippen molar-refractivity contribution in [3.63, 3.8) is 0 Å². The number of rotatable bonds is 4. The molecule has 3 N–H and O–H groups in total. The van der Waals surface area contributed by atoms with E-state index in [0.717, 1.165) is 44.9 Å². The molecule has 0 aliphatic heterocycles. The lowest BCUT2D eigenvalue weighted by molar-refractivity contribution is -0.132. The summed E-state index contributed by atoms with van der Waals surface area (Å²) in [5, 5.41) is 19.9. The number of aliphatic hydroxyl groups is 2. The second-order valence-electron chi connectivity index (χ2n) is 10.6. The highest BCUT2D eigenvalue weighted by atomic mass is 32.3. The van der Waals surface area contributed by atoms with Crippen molar-refractivity contribution in [1.82, 2.24) is 0 Å². The lowest BCUT2D eigenvalue weighted by atomic mass is 9.44. The van der Waals surface area contributed by atoms with Gasteiger partial charge in [0.15, 0.2) is 0 Å². The van der Waals surface area contributed by atoms with Crippen LogP contribution in [0.15, 0.2) is 0 Å². The Labute approximate surface area is 169 Å². The molecule has 0 spiro atoms. The third kappa shape index (κ3) is 3.35. The molecule has 162 valence electrons. The Hall–Kier alpha value is -0.210. The summed E-state index contributed by atoms with van der Waals surface area (Å²) in [6.07, 6.45) is 8.01. The average molecular weight is 417 g/mol. The van der Waals surface area contributed by atoms with Crippen LogP contribution in [-0.2, 0) is 14.6 Å². The van der Waals surface area contributed by atoms with E-state index in [4.69, 9.17) is 8.74 Å². The Kier molecular flexibility index (Phi) is 5.40. The van der Waals surface area contributed by atoms with E-state index in [9.17, 15) is 18.6 Å². The highest BCUT2D eigenvalue weighted by molar-refractivity contribution is 7.80. The highest BCUT2D eigenvalue weighted by Crippen LogP contribution is 2.67. The molecule has 0 bridgehead atoms. The van der Waals surface area contributed by atoms with E-state index in [2.05, 4.69) is 13.8 Å². The summed E-state index contributed by atoms with van der Waals surface area (Å²) >= 11 is 0. The predicted molar refractivity (Wildman–Crippen MR) is 105 cm³/mol. The van der Waals surface area contributed by atoms with Crippen LogP contribution in [0.25, 0.3) is 0 Å². The molecular formula is C21H36O6S. The lowest BCUT2D eigenvalue weighted by Gasteiger charge is -2.61. The van der Waals surface area contributed by atoms with Crippen LogP contribution in [0, 0.1) is 40.4 Å². The van der Waals surface area contributed by atoms with E-state index >= 15 is 0 Å². The molecule has 0 saturated heterocycles. The van der Waals surface area contributed by atoms with Crippen LogP contribution in [0.3, 0.4) is 0 Å². The summed E-state index contributed by atoms with van der Waals surface area (Å²) < 4.78 is 36.2. The van der Waals surface area contributed by atoms with Crippen molar-refractivity contribution >= 4 is 10.4 Å². The van der Waals surface area contributed by atoms with Crippen LogP contribution in [-0.4, -0.2) is 42.0 Å². The standard InChI is InChI=1S/C21H36O6S/c1-20-9-7-14(27-28(24,25)26)11-13(20)3-4-15-16-5-6-18(19(23)12-22)21(16,2)10-8-17(15)20/h13-19,22-23H,3-12H2,1-2H3,(H,24,25,26)/t13-,14+,15-,16-,17-,18+,19-,20-,21-/m0/s1. The molecule has 28 heavy (non-hydrogen) atoms. The first kappa shape index (κ1) is 21.0. The van der Waals surface area contributed by atoms with E-state index in [0.29, 0.717) is 36.5 Å². The Morgan fingerprint density at radius 1 is 1.00 bits per heavy atom. The zero-order valence-corrected chi connectivity index (χ0v) is 17.9. The molecule has 0 unspecified atom stereocenters. The second kappa shape index (κ2) is 7.19. The van der Waals surface area contributed by atoms with E-state index in [1.807, 2.05) is 0 Å². The molecule has 0 aromatic heterocycles. The Bertz CT molecular complexity index is 695. The van der Waals surface area contributed by atoms with Crippen molar-refractivity contribution in [1.29, 1.82) is 0 Å². The topological polar surface area (TPSA) is 104 Å². The van der Waals surface area contributed by atoms with Crippen LogP contribution >= 0.6 is 0 Å². The first-order valence-corrected chi connectivity index (χ1v) is 12.4. The summed E-state index contributed by atoms with van der Waals surface area (Å²) in [6, 6.07) is 0. The summed E-state index contributed by atoms with van der Waals surface area (Å²) in [5.41, 5.74) is 0.328. The van der Waals surface area contributed by atoms with Gasteiger partial charge in [-0.15, -0.1) is 0 Å². The largest absolute Gasteiger partial charge is 0.397 e. The fourth-order valence-electron chi connectivity index (χ4n) is 8.28. The second-order valence-corrected chi connectivity index (χ2v) is 11.6. The molecule has 0 radical (unpaired) electrons. The smallest absolute Gasteiger partial charge is 0.394 e. The maximum Gasteiger partial charge on any atom is 0.397 e. The molecule has 4 fully saturated rings. The molecule has 4 rings (SSSR count). The van der Waals surface area contributed by atoms with Crippen LogP contribution in [0.1, 0.15) is 71.6 Å². The molecule has 0 aromatic rings. The molecular weight excluding hydrogens is 380 g/mol. The Morgan fingerprint density at radius 3 is 2.36 bits per heavy atom. The van der Waals surface area contributed by atoms with Gasteiger partial charge in [0.25, 0.3) is 0 Å². The number of fused-ring (bicyclic) bond motifs is 5. The minimum absolute atomic E-state index is 0.123. The average Bonchev–Trinajstić information content (AvgIpc) is 2.97. The molecule has 0 heterocycles. The third-order valence-corrected chi connectivity index (χ3v) is 10.1. The van der Waals surface area contributed by atoms with Gasteiger partial charge in [-0.2, -0.15) is 8.42 Å². The van der Waals surface area contributed by atoms with Gasteiger partial charge in [0.05, 0.1) is 18.8 Å². The fraction of sp³-hybridized carbons (Fsp3) is 1.00. The molecule has 0 amide bonds. The fourth-order valence-corrected chi connectivity index (χ4v) is 8.80. The van der Waals surface area contributed by atoms with Gasteiger partial charge in [0, 0.05) is 0 Å². The van der Waals surface area contributed by atoms with Crippen LogP contribution in [0.4, 0.5) is 0 Å². The monoisotopic (exact) mass is 416 g/mol. The van der Waals surface area contributed by atoms with Crippen molar-refractivity contribution in [2.75, 3.05) is 6.61 Å². The van der Waals surface area contributed by atoms with E-state index in [1.165, 1.54) is 0 Å². The van der Waals surface area contributed by atoms with Crippen molar-refractivity contribution in [3.05, 3.63) is 0 Å². The van der Waals surface area contributed by atoms with Gasteiger partial charge in [0.2, 0.25) is 0 Å². The Balaban J connectivity index is 1.52. The summed E-state index contributed by atoms with van der Waals surface area (Å²) in [4.78, 5) is 0. The maximum absolute atomic E-state index is 11.1. The molecule has 4 aliphatic rings. The van der Waals surface area contributed by atoms with Gasteiger partial charge >= 0.3 is 10.4 Å². The summed E-state index contributed by atoms with van der Waals surface area (Å²) in [7, 11) is -4.39. The van der Waals surface area contributed by atoms with Crippen molar-refractivity contribution in [2.24, 2.45) is 40.4 Å². The SMILES string of the molecule is C[C@]12CC[C@@H](OS(=O)(=O)O)C[C@@H]1CC[C@@H]1[C@@H]2CC[C@]2(C)[C@@H]([C@@H](O)CO)CC[C@@H]12. The van der Waals surface area contributed by atoms with Gasteiger partial charge in [-0.3, -0.25) is 4.55 Å². The number of hydrogen-bond acceptors (Lipinski definition) is 5. The maximum atomic E-state index is 11.1. The highest BCUT2D eigenvalue weighted by Gasteiger charge is 2.61. The van der Waals surface area contributed by atoms with Crippen molar-refractivity contribution in [3.8, 4) is 0 Å². The van der Waals surface area contributed by atoms with E-state index in [1.54, 1.807) is 0 Å². The Morgan fingerprint density at radius 2 is 1.68 bits per heavy atom. The first-order valence-electron chi connectivity index (χ1n) is 11.0. The van der Waals surface area contributed by atoms with Gasteiger partial charge in [0.1, 0.15) is 0 Å². The molecule has 4 aliphatic carbocycles. The summed E-state index contributed by atoms with van der Waals surface area (Å²) in [5.74, 6) is 2.56. The van der Waals surface area contributed by atoms with Crippen LogP contribution in [0.5, 0.6) is 0 Å². The number of hydrogen-bond donors (Lipinski definition) is 3. The van der Waals surface area contributed by atoms with Gasteiger partial charge < -0.3 is 10.2 Å². The van der Waals surface area contributed by atoms with E-state index < -0.39 is 22.6 Å². The normalized spacial score (nSPS) is 49.8.